The molecule has 0 saturated carbocycles. The minimum Gasteiger partial charge on any atom is -0.481 e. The van der Waals surface area contributed by atoms with Crippen LogP contribution in [0.15, 0.2) is 12.2 Å². The molecule has 0 aromatic carbocycles. The van der Waals surface area contributed by atoms with Crippen LogP contribution in [0.3, 0.4) is 0 Å². The van der Waals surface area contributed by atoms with Crippen LogP contribution in [-0.4, -0.2) is 58.3 Å². The molecule has 0 fully saturated rings. The second-order valence-corrected chi connectivity index (χ2v) is 6.11. The molecule has 7 heteroatoms. The maximum absolute atomic E-state index is 11.8. The summed E-state index contributed by atoms with van der Waals surface area (Å²) < 4.78 is 0. The van der Waals surface area contributed by atoms with E-state index in [2.05, 4.69) is 0 Å². The second-order valence-electron chi connectivity index (χ2n) is 6.11. The number of hydrogen-bond acceptors (Lipinski definition) is 4. The Bertz CT molecular complexity index is 500. The first kappa shape index (κ1) is 17.2. The fourth-order valence-electron chi connectivity index (χ4n) is 3.44. The minimum absolute atomic E-state index is 0.362. The van der Waals surface area contributed by atoms with Gasteiger partial charge in [0.15, 0.2) is 0 Å². The molecular weight excluding hydrogens is 278 g/mol. The molecule has 1 aliphatic carbocycles. The van der Waals surface area contributed by atoms with Crippen molar-refractivity contribution in [2.75, 3.05) is 14.1 Å². The predicted octanol–water partition coefficient (Wildman–Crippen LogP) is 0.759. The molecule has 1 rings (SSSR count). The molecule has 4 atom stereocenters. The smallest absolute Gasteiger partial charge is 0.314 e. The third kappa shape index (κ3) is 2.65. The lowest BCUT2D eigenvalue weighted by molar-refractivity contribution is -0.167. The van der Waals surface area contributed by atoms with Crippen LogP contribution < -0.4 is 0 Å². The van der Waals surface area contributed by atoms with E-state index in [0.717, 1.165) is 0 Å². The van der Waals surface area contributed by atoms with Gasteiger partial charge >= 0.3 is 17.9 Å². The molecule has 0 radical (unpaired) electrons. The molecule has 7 nitrogen and oxygen atoms in total. The molecule has 0 bridgehead atoms. The van der Waals surface area contributed by atoms with Gasteiger partial charge in [0.25, 0.3) is 0 Å². The van der Waals surface area contributed by atoms with Crippen LogP contribution in [0, 0.1) is 16.7 Å². The van der Waals surface area contributed by atoms with Gasteiger partial charge in [-0.2, -0.15) is 0 Å². The Balaban J connectivity index is 3.53. The predicted molar refractivity (Wildman–Crippen MR) is 73.8 cm³/mol. The van der Waals surface area contributed by atoms with E-state index in [9.17, 15) is 24.6 Å². The van der Waals surface area contributed by atoms with Crippen molar-refractivity contribution in [1.29, 1.82) is 0 Å². The Hall–Kier alpha value is -1.89. The molecule has 4 unspecified atom stereocenters. The van der Waals surface area contributed by atoms with Gasteiger partial charge in [0.1, 0.15) is 0 Å². The minimum atomic E-state index is -1.52. The highest BCUT2D eigenvalue weighted by atomic mass is 16.4. The van der Waals surface area contributed by atoms with Crippen molar-refractivity contribution in [3.63, 3.8) is 0 Å². The average Bonchev–Trinajstić information content (AvgIpc) is 2.31. The van der Waals surface area contributed by atoms with Crippen LogP contribution in [0.1, 0.15) is 20.3 Å². The van der Waals surface area contributed by atoms with Gasteiger partial charge in [-0.05, 0) is 27.9 Å². The van der Waals surface area contributed by atoms with Crippen molar-refractivity contribution in [2.24, 2.45) is 16.7 Å². The normalized spacial score (nSPS) is 35.7. The Morgan fingerprint density at radius 1 is 1.10 bits per heavy atom. The van der Waals surface area contributed by atoms with E-state index < -0.39 is 40.7 Å². The molecule has 118 valence electrons. The summed E-state index contributed by atoms with van der Waals surface area (Å²) in [7, 11) is 3.20. The summed E-state index contributed by atoms with van der Waals surface area (Å²) in [6, 6.07) is -0.880. The number of aliphatic carboxylic acids is 3. The highest BCUT2D eigenvalue weighted by molar-refractivity contribution is 5.84. The lowest BCUT2D eigenvalue weighted by atomic mass is 9.57. The van der Waals surface area contributed by atoms with Crippen molar-refractivity contribution in [3.8, 4) is 0 Å². The summed E-state index contributed by atoms with van der Waals surface area (Å²) in [4.78, 5) is 36.0. The second kappa shape index (κ2) is 5.48. The van der Waals surface area contributed by atoms with E-state index in [-0.39, 0.29) is 6.42 Å². The summed E-state index contributed by atoms with van der Waals surface area (Å²) in [5.74, 6) is -4.25. The third-order valence-corrected chi connectivity index (χ3v) is 4.41. The molecule has 0 spiro atoms. The average molecular weight is 299 g/mol. The van der Waals surface area contributed by atoms with Crippen LogP contribution in [0.4, 0.5) is 0 Å². The molecule has 0 saturated heterocycles. The molecular formula is C14H21NO6. The monoisotopic (exact) mass is 299 g/mol. The van der Waals surface area contributed by atoms with Crippen molar-refractivity contribution in [1.82, 2.24) is 4.90 Å². The number of hydrogen-bond donors (Lipinski definition) is 3. The lowest BCUT2D eigenvalue weighted by Gasteiger charge is -2.51. The number of rotatable bonds is 5. The number of nitrogens with zero attached hydrogens (tertiary/aromatic N) is 1. The van der Waals surface area contributed by atoms with Crippen molar-refractivity contribution in [2.45, 2.75) is 26.3 Å². The van der Waals surface area contributed by atoms with Gasteiger partial charge in [0, 0.05) is 12.0 Å². The van der Waals surface area contributed by atoms with Gasteiger partial charge in [-0.15, -0.1) is 0 Å². The molecule has 1 aliphatic rings. The standard InChI is InChI=1S/C14H21NO6/c1-13(11(18)19)6-5-8(7-9(16)17)14(2,12(20)21)10(13)15(3)4/h5-6,8,10H,7H2,1-4H3,(H,16,17)(H,18,19)(H,20,21). The van der Waals surface area contributed by atoms with E-state index in [4.69, 9.17) is 5.11 Å². The summed E-state index contributed by atoms with van der Waals surface area (Å²) in [5.41, 5.74) is -2.94. The van der Waals surface area contributed by atoms with E-state index in [1.54, 1.807) is 19.0 Å². The highest BCUT2D eigenvalue weighted by Crippen LogP contribution is 2.49. The maximum Gasteiger partial charge on any atom is 0.314 e. The number of carboxylic acids is 3. The highest BCUT2D eigenvalue weighted by Gasteiger charge is 2.59. The van der Waals surface area contributed by atoms with Gasteiger partial charge in [0.05, 0.1) is 17.3 Å². The third-order valence-electron chi connectivity index (χ3n) is 4.41. The van der Waals surface area contributed by atoms with E-state index in [1.807, 2.05) is 0 Å². The first-order valence-electron chi connectivity index (χ1n) is 6.52. The lowest BCUT2D eigenvalue weighted by Crippen LogP contribution is -2.62. The van der Waals surface area contributed by atoms with E-state index in [1.165, 1.54) is 26.0 Å². The van der Waals surface area contributed by atoms with Gasteiger partial charge < -0.3 is 20.2 Å². The van der Waals surface area contributed by atoms with Crippen molar-refractivity contribution >= 4 is 17.9 Å². The molecule has 3 N–H and O–H groups in total. The summed E-state index contributed by atoms with van der Waals surface area (Å²) >= 11 is 0. The Kier molecular flexibility index (Phi) is 4.48. The maximum atomic E-state index is 11.8. The molecule has 21 heavy (non-hydrogen) atoms. The Labute approximate surface area is 122 Å². The molecule has 0 aliphatic heterocycles. The number of carbonyl (C=O) groups is 3. The van der Waals surface area contributed by atoms with Crippen LogP contribution in [-0.2, 0) is 14.4 Å². The van der Waals surface area contributed by atoms with Crippen molar-refractivity contribution < 1.29 is 29.7 Å². The van der Waals surface area contributed by atoms with Gasteiger partial charge in [-0.1, -0.05) is 12.2 Å². The zero-order valence-electron chi connectivity index (χ0n) is 12.5. The zero-order valence-corrected chi connectivity index (χ0v) is 12.5. The van der Waals surface area contributed by atoms with Gasteiger partial charge in [-0.3, -0.25) is 14.4 Å². The van der Waals surface area contributed by atoms with Crippen LogP contribution in [0.25, 0.3) is 0 Å². The molecule has 0 heterocycles. The largest absolute Gasteiger partial charge is 0.481 e. The zero-order chi connectivity index (χ0) is 16.6. The number of carboxylic acid groups (broad SMARTS) is 3. The van der Waals surface area contributed by atoms with Gasteiger partial charge in [0.2, 0.25) is 0 Å². The van der Waals surface area contributed by atoms with E-state index >= 15 is 0 Å². The first-order valence-corrected chi connectivity index (χ1v) is 6.52. The summed E-state index contributed by atoms with van der Waals surface area (Å²) in [6.45, 7) is 2.87. The van der Waals surface area contributed by atoms with Gasteiger partial charge in [-0.25, -0.2) is 0 Å². The van der Waals surface area contributed by atoms with Crippen LogP contribution in [0.2, 0.25) is 0 Å². The summed E-state index contributed by atoms with van der Waals surface area (Å²) in [6.07, 6.45) is 2.47. The van der Waals surface area contributed by atoms with E-state index in [0.29, 0.717) is 0 Å². The fraction of sp³-hybridized carbons (Fsp3) is 0.643. The Morgan fingerprint density at radius 2 is 1.62 bits per heavy atom. The fourth-order valence-corrected chi connectivity index (χ4v) is 3.44. The molecule has 0 aromatic rings. The van der Waals surface area contributed by atoms with Crippen molar-refractivity contribution in [3.05, 3.63) is 12.2 Å². The summed E-state index contributed by atoms with van der Waals surface area (Å²) in [5, 5.41) is 28.2. The quantitative estimate of drug-likeness (QED) is 0.642. The number of allylic oxidation sites excluding steroid dienone is 1. The van der Waals surface area contributed by atoms with Crippen LogP contribution in [0.5, 0.6) is 0 Å². The van der Waals surface area contributed by atoms with Crippen LogP contribution >= 0.6 is 0 Å². The molecule has 0 amide bonds. The molecule has 0 aromatic heterocycles. The Morgan fingerprint density at radius 3 is 1.95 bits per heavy atom. The topological polar surface area (TPSA) is 115 Å². The first-order chi connectivity index (χ1) is 9.47. The SMILES string of the molecule is CN(C)C1C(C)(C(=O)O)C=CC(CC(=O)O)C1(C)C(=O)O.